The van der Waals surface area contributed by atoms with Gasteiger partial charge in [0, 0.05) is 45.0 Å². The molecule has 6 nitrogen and oxygen atoms in total. The Kier molecular flexibility index (Phi) is 6.11. The van der Waals surface area contributed by atoms with Crippen molar-refractivity contribution in [2.24, 2.45) is 5.73 Å². The molecule has 1 aliphatic heterocycles. The van der Waals surface area contributed by atoms with E-state index in [9.17, 15) is 12.8 Å². The van der Waals surface area contributed by atoms with E-state index in [1.165, 1.54) is 4.31 Å². The summed E-state index contributed by atoms with van der Waals surface area (Å²) in [6, 6.07) is 6.49. The SMILES string of the molecule is CN1CCN(S(=O)(=O)c2ccc(NC/C(=C/F)CN)cc2)CC1. The number of sulfonamides is 1. The molecular formula is C15H23FN4O2S. The largest absolute Gasteiger partial charge is 0.381 e. The molecule has 23 heavy (non-hydrogen) atoms. The predicted octanol–water partition coefficient (Wildman–Crippen LogP) is 0.847. The average molecular weight is 342 g/mol. The smallest absolute Gasteiger partial charge is 0.243 e. The fourth-order valence-corrected chi connectivity index (χ4v) is 3.72. The first-order valence-corrected chi connectivity index (χ1v) is 8.92. The zero-order valence-corrected chi connectivity index (χ0v) is 14.0. The van der Waals surface area contributed by atoms with E-state index >= 15 is 0 Å². The Hall–Kier alpha value is -1.48. The highest BCUT2D eigenvalue weighted by Crippen LogP contribution is 2.19. The summed E-state index contributed by atoms with van der Waals surface area (Å²) in [4.78, 5) is 2.37. The molecule has 1 aliphatic rings. The van der Waals surface area contributed by atoms with Crippen molar-refractivity contribution in [2.45, 2.75) is 4.90 Å². The summed E-state index contributed by atoms with van der Waals surface area (Å²) in [5.74, 6) is 0. The first-order chi connectivity index (χ1) is 11.0. The molecule has 8 heteroatoms. The molecule has 0 bridgehead atoms. The van der Waals surface area contributed by atoms with Gasteiger partial charge in [0.25, 0.3) is 0 Å². The van der Waals surface area contributed by atoms with Gasteiger partial charge in [-0.1, -0.05) is 0 Å². The molecule has 0 spiro atoms. The molecule has 1 aromatic rings. The van der Waals surface area contributed by atoms with Gasteiger partial charge in [0.2, 0.25) is 10.0 Å². The van der Waals surface area contributed by atoms with Crippen LogP contribution in [0, 0.1) is 0 Å². The summed E-state index contributed by atoms with van der Waals surface area (Å²) in [5, 5.41) is 3.01. The van der Waals surface area contributed by atoms with E-state index in [4.69, 9.17) is 5.73 Å². The van der Waals surface area contributed by atoms with Crippen molar-refractivity contribution in [3.8, 4) is 0 Å². The van der Waals surface area contributed by atoms with Crippen LogP contribution in [0.3, 0.4) is 0 Å². The highest BCUT2D eigenvalue weighted by atomic mass is 32.2. The molecule has 0 atom stereocenters. The number of anilines is 1. The molecule has 0 unspecified atom stereocenters. The summed E-state index contributed by atoms with van der Waals surface area (Å²) in [7, 11) is -1.48. The van der Waals surface area contributed by atoms with Crippen molar-refractivity contribution in [1.82, 2.24) is 9.21 Å². The van der Waals surface area contributed by atoms with E-state index in [-0.39, 0.29) is 18.0 Å². The first kappa shape index (κ1) is 17.9. The van der Waals surface area contributed by atoms with Gasteiger partial charge < -0.3 is 16.0 Å². The van der Waals surface area contributed by atoms with E-state index in [0.717, 1.165) is 18.8 Å². The monoisotopic (exact) mass is 342 g/mol. The number of halogens is 1. The Morgan fingerprint density at radius 2 is 1.87 bits per heavy atom. The quantitative estimate of drug-likeness (QED) is 0.801. The molecule has 128 valence electrons. The van der Waals surface area contributed by atoms with Crippen LogP contribution in [0.5, 0.6) is 0 Å². The second kappa shape index (κ2) is 7.87. The maximum Gasteiger partial charge on any atom is 0.243 e. The molecule has 0 aromatic heterocycles. The minimum Gasteiger partial charge on any atom is -0.381 e. The molecule has 0 amide bonds. The van der Waals surface area contributed by atoms with Gasteiger partial charge in [-0.15, -0.1) is 0 Å². The molecule has 1 saturated heterocycles. The van der Waals surface area contributed by atoms with Crippen LogP contribution < -0.4 is 11.1 Å². The number of hydrogen-bond acceptors (Lipinski definition) is 5. The van der Waals surface area contributed by atoms with Crippen LogP contribution in [-0.2, 0) is 10.0 Å². The molecule has 1 fully saturated rings. The molecular weight excluding hydrogens is 319 g/mol. The van der Waals surface area contributed by atoms with E-state index < -0.39 is 10.0 Å². The number of nitrogens with zero attached hydrogens (tertiary/aromatic N) is 2. The number of piperazine rings is 1. The van der Waals surface area contributed by atoms with Crippen LogP contribution in [0.1, 0.15) is 0 Å². The fraction of sp³-hybridized carbons (Fsp3) is 0.467. The van der Waals surface area contributed by atoms with Crippen LogP contribution in [0.25, 0.3) is 0 Å². The minimum atomic E-state index is -3.46. The summed E-state index contributed by atoms with van der Waals surface area (Å²) >= 11 is 0. The van der Waals surface area contributed by atoms with Gasteiger partial charge >= 0.3 is 0 Å². The summed E-state index contributed by atoms with van der Waals surface area (Å²) in [6.45, 7) is 2.89. The van der Waals surface area contributed by atoms with E-state index in [0.29, 0.717) is 25.0 Å². The fourth-order valence-electron chi connectivity index (χ4n) is 2.29. The molecule has 1 aromatic carbocycles. The molecule has 0 saturated carbocycles. The van der Waals surface area contributed by atoms with Crippen LogP contribution in [-0.4, -0.2) is 63.9 Å². The lowest BCUT2D eigenvalue weighted by molar-refractivity contribution is 0.222. The summed E-state index contributed by atoms with van der Waals surface area (Å²) in [6.07, 6.45) is 0.485. The lowest BCUT2D eigenvalue weighted by atomic mass is 10.2. The number of rotatable bonds is 6. The predicted molar refractivity (Wildman–Crippen MR) is 89.4 cm³/mol. The third-order valence-electron chi connectivity index (χ3n) is 3.89. The van der Waals surface area contributed by atoms with E-state index in [2.05, 4.69) is 10.2 Å². The Balaban J connectivity index is 2.03. The van der Waals surface area contributed by atoms with Crippen molar-refractivity contribution in [3.05, 3.63) is 36.2 Å². The van der Waals surface area contributed by atoms with Gasteiger partial charge in [-0.05, 0) is 36.9 Å². The molecule has 0 radical (unpaired) electrons. The molecule has 3 N–H and O–H groups in total. The number of benzene rings is 1. The van der Waals surface area contributed by atoms with Gasteiger partial charge in [-0.25, -0.2) is 12.8 Å². The highest BCUT2D eigenvalue weighted by Gasteiger charge is 2.27. The molecule has 0 aliphatic carbocycles. The highest BCUT2D eigenvalue weighted by molar-refractivity contribution is 7.89. The Morgan fingerprint density at radius 1 is 1.26 bits per heavy atom. The van der Waals surface area contributed by atoms with Crippen LogP contribution >= 0.6 is 0 Å². The second-order valence-electron chi connectivity index (χ2n) is 5.56. The van der Waals surface area contributed by atoms with Crippen LogP contribution in [0.4, 0.5) is 10.1 Å². The van der Waals surface area contributed by atoms with Gasteiger partial charge in [0.1, 0.15) is 0 Å². The maximum absolute atomic E-state index is 12.6. The number of nitrogens with two attached hydrogens (primary N) is 1. The summed E-state index contributed by atoms with van der Waals surface area (Å²) in [5.41, 5.74) is 6.55. The van der Waals surface area contributed by atoms with E-state index in [1.807, 2.05) is 7.05 Å². The van der Waals surface area contributed by atoms with Crippen LogP contribution in [0.2, 0.25) is 0 Å². The average Bonchev–Trinajstić information content (AvgIpc) is 2.56. The zero-order valence-electron chi connectivity index (χ0n) is 13.2. The third-order valence-corrected chi connectivity index (χ3v) is 5.80. The second-order valence-corrected chi connectivity index (χ2v) is 7.49. The lowest BCUT2D eigenvalue weighted by Gasteiger charge is -2.31. The lowest BCUT2D eigenvalue weighted by Crippen LogP contribution is -2.46. The van der Waals surface area contributed by atoms with Crippen molar-refractivity contribution in [1.29, 1.82) is 0 Å². The van der Waals surface area contributed by atoms with Gasteiger partial charge in [0.15, 0.2) is 0 Å². The number of likely N-dealkylation sites (N-methyl/N-ethyl adjacent to an activating group) is 1. The molecule has 2 rings (SSSR count). The van der Waals surface area contributed by atoms with Gasteiger partial charge in [-0.2, -0.15) is 4.31 Å². The van der Waals surface area contributed by atoms with Gasteiger partial charge in [-0.3, -0.25) is 0 Å². The number of hydrogen-bond donors (Lipinski definition) is 2. The van der Waals surface area contributed by atoms with Crippen molar-refractivity contribution in [2.75, 3.05) is 51.6 Å². The van der Waals surface area contributed by atoms with Gasteiger partial charge in [0.05, 0.1) is 11.2 Å². The zero-order chi connectivity index (χ0) is 16.9. The normalized spacial score (nSPS) is 18.1. The van der Waals surface area contributed by atoms with Crippen molar-refractivity contribution in [3.63, 3.8) is 0 Å². The number of nitrogens with one attached hydrogen (secondary N) is 1. The third kappa shape index (κ3) is 4.51. The van der Waals surface area contributed by atoms with Crippen molar-refractivity contribution >= 4 is 15.7 Å². The summed E-state index contributed by atoms with van der Waals surface area (Å²) < 4.78 is 39.1. The minimum absolute atomic E-state index is 0.138. The van der Waals surface area contributed by atoms with Crippen LogP contribution in [0.15, 0.2) is 41.1 Å². The van der Waals surface area contributed by atoms with Crippen molar-refractivity contribution < 1.29 is 12.8 Å². The Morgan fingerprint density at radius 3 is 2.39 bits per heavy atom. The standard InChI is InChI=1S/C15H23FN4O2S/c1-19-6-8-20(9-7-19)23(21,22)15-4-2-14(3-5-15)18-12-13(10-16)11-17/h2-5,10,18H,6-9,11-12,17H2,1H3/b13-10+. The Bertz CT molecular complexity index is 638. The topological polar surface area (TPSA) is 78.7 Å². The van der Waals surface area contributed by atoms with E-state index in [1.54, 1.807) is 24.3 Å². The first-order valence-electron chi connectivity index (χ1n) is 7.48. The Labute approximate surface area is 136 Å². The molecule has 1 heterocycles. The maximum atomic E-state index is 12.6.